The van der Waals surface area contributed by atoms with Crippen molar-refractivity contribution in [2.75, 3.05) is 0 Å². The summed E-state index contributed by atoms with van der Waals surface area (Å²) in [6, 6.07) is 6.50. The van der Waals surface area contributed by atoms with Gasteiger partial charge in [-0.25, -0.2) is 4.79 Å². The van der Waals surface area contributed by atoms with E-state index in [9.17, 15) is 4.79 Å². The van der Waals surface area contributed by atoms with Crippen LogP contribution < -0.4 is 0 Å². The van der Waals surface area contributed by atoms with E-state index in [0.717, 1.165) is 24.3 Å². The molecule has 0 radical (unpaired) electrons. The Hall–Kier alpha value is -2.17. The second-order valence-electron chi connectivity index (χ2n) is 5.58. The third-order valence-electron chi connectivity index (χ3n) is 4.10. The first kappa shape index (κ1) is 13.8. The molecule has 5 nitrogen and oxygen atoms in total. The first-order valence-corrected chi connectivity index (χ1v) is 7.38. The first-order chi connectivity index (χ1) is 10.2. The van der Waals surface area contributed by atoms with Crippen LogP contribution in [0.4, 0.5) is 0 Å². The smallest absolute Gasteiger partial charge is 0.335 e. The van der Waals surface area contributed by atoms with Crippen molar-refractivity contribution < 1.29 is 14.4 Å². The Labute approximate surface area is 123 Å². The van der Waals surface area contributed by atoms with Gasteiger partial charge in [0.05, 0.1) is 5.56 Å². The highest BCUT2D eigenvalue weighted by atomic mass is 16.5. The Bertz CT molecular complexity index is 613. The number of carboxylic acid groups (broad SMARTS) is 1. The van der Waals surface area contributed by atoms with Gasteiger partial charge in [0, 0.05) is 12.0 Å². The van der Waals surface area contributed by atoms with Gasteiger partial charge in [-0.15, -0.1) is 0 Å². The first-order valence-electron chi connectivity index (χ1n) is 7.38. The van der Waals surface area contributed by atoms with Crippen LogP contribution in [0.25, 0.3) is 11.4 Å². The van der Waals surface area contributed by atoms with Crippen LogP contribution in [0.1, 0.15) is 48.4 Å². The molecule has 110 valence electrons. The number of carbonyl (C=O) groups is 1. The lowest BCUT2D eigenvalue weighted by atomic mass is 10.0. The van der Waals surface area contributed by atoms with E-state index in [1.807, 2.05) is 0 Å². The average Bonchev–Trinajstić information content (AvgIpc) is 3.17. The number of hydrogen-bond acceptors (Lipinski definition) is 4. The molecule has 21 heavy (non-hydrogen) atoms. The predicted octanol–water partition coefficient (Wildman–Crippen LogP) is 3.56. The molecule has 1 saturated carbocycles. The highest BCUT2D eigenvalue weighted by Gasteiger charge is 2.17. The Balaban J connectivity index is 1.64. The van der Waals surface area contributed by atoms with Crippen LogP contribution in [0.2, 0.25) is 0 Å². The summed E-state index contributed by atoms with van der Waals surface area (Å²) in [6.45, 7) is 0. The van der Waals surface area contributed by atoms with Gasteiger partial charge < -0.3 is 9.63 Å². The Morgan fingerprint density at radius 2 is 1.95 bits per heavy atom. The molecule has 1 aromatic heterocycles. The molecule has 0 aliphatic heterocycles. The van der Waals surface area contributed by atoms with Crippen molar-refractivity contribution in [1.29, 1.82) is 0 Å². The number of hydrogen-bond donors (Lipinski definition) is 1. The molecular formula is C16H18N2O3. The van der Waals surface area contributed by atoms with Crippen LogP contribution in [-0.4, -0.2) is 21.2 Å². The van der Waals surface area contributed by atoms with Crippen LogP contribution in [0.15, 0.2) is 28.8 Å². The monoisotopic (exact) mass is 286 g/mol. The molecule has 0 amide bonds. The fraction of sp³-hybridized carbons (Fsp3) is 0.438. The molecule has 1 aromatic carbocycles. The Kier molecular flexibility index (Phi) is 3.99. The van der Waals surface area contributed by atoms with Gasteiger partial charge in [0.15, 0.2) is 0 Å². The second kappa shape index (κ2) is 6.08. The van der Waals surface area contributed by atoms with Gasteiger partial charge in [0.1, 0.15) is 0 Å². The second-order valence-corrected chi connectivity index (χ2v) is 5.58. The summed E-state index contributed by atoms with van der Waals surface area (Å²) >= 11 is 0. The number of aromatic carboxylic acids is 1. The average molecular weight is 286 g/mol. The molecule has 3 rings (SSSR count). The van der Waals surface area contributed by atoms with E-state index >= 15 is 0 Å². The molecule has 0 atom stereocenters. The SMILES string of the molecule is O=C(O)c1ccc(-c2noc(CCC3CCCC3)n2)cc1. The number of aryl methyl sites for hydroxylation is 1. The molecule has 1 aliphatic rings. The Morgan fingerprint density at radius 3 is 2.62 bits per heavy atom. The summed E-state index contributed by atoms with van der Waals surface area (Å²) in [4.78, 5) is 15.2. The maximum Gasteiger partial charge on any atom is 0.335 e. The molecule has 1 aliphatic carbocycles. The summed E-state index contributed by atoms with van der Waals surface area (Å²) in [5, 5.41) is 12.8. The van der Waals surface area contributed by atoms with Crippen molar-refractivity contribution in [3.8, 4) is 11.4 Å². The van der Waals surface area contributed by atoms with Gasteiger partial charge in [-0.05, 0) is 24.5 Å². The van der Waals surface area contributed by atoms with Crippen LogP contribution in [0.5, 0.6) is 0 Å². The van der Waals surface area contributed by atoms with Crippen molar-refractivity contribution >= 4 is 5.97 Å². The quantitative estimate of drug-likeness (QED) is 0.909. The van der Waals surface area contributed by atoms with Crippen molar-refractivity contribution in [1.82, 2.24) is 10.1 Å². The summed E-state index contributed by atoms with van der Waals surface area (Å²) in [6.07, 6.45) is 7.26. The third kappa shape index (κ3) is 3.29. The number of carboxylic acids is 1. The van der Waals surface area contributed by atoms with E-state index in [-0.39, 0.29) is 5.56 Å². The van der Waals surface area contributed by atoms with Gasteiger partial charge in [-0.1, -0.05) is 43.0 Å². The van der Waals surface area contributed by atoms with Crippen molar-refractivity contribution in [3.63, 3.8) is 0 Å². The van der Waals surface area contributed by atoms with E-state index in [4.69, 9.17) is 9.63 Å². The maximum absolute atomic E-state index is 10.8. The topological polar surface area (TPSA) is 76.2 Å². The van der Waals surface area contributed by atoms with Crippen LogP contribution >= 0.6 is 0 Å². The largest absolute Gasteiger partial charge is 0.478 e. The highest BCUT2D eigenvalue weighted by Crippen LogP contribution is 2.28. The van der Waals surface area contributed by atoms with Crippen molar-refractivity contribution in [3.05, 3.63) is 35.7 Å². The lowest BCUT2D eigenvalue weighted by Crippen LogP contribution is -1.96. The van der Waals surface area contributed by atoms with E-state index in [1.54, 1.807) is 24.3 Å². The molecule has 1 N–H and O–H groups in total. The van der Waals surface area contributed by atoms with Crippen molar-refractivity contribution in [2.24, 2.45) is 5.92 Å². The number of rotatable bonds is 5. The highest BCUT2D eigenvalue weighted by molar-refractivity contribution is 5.88. The van der Waals surface area contributed by atoms with Crippen LogP contribution in [0.3, 0.4) is 0 Å². The minimum Gasteiger partial charge on any atom is -0.478 e. The molecule has 5 heteroatoms. The fourth-order valence-corrected chi connectivity index (χ4v) is 2.86. The van der Waals surface area contributed by atoms with Crippen LogP contribution in [-0.2, 0) is 6.42 Å². The zero-order valence-electron chi connectivity index (χ0n) is 11.8. The normalized spacial score (nSPS) is 15.4. The van der Waals surface area contributed by atoms with Gasteiger partial charge >= 0.3 is 5.97 Å². The molecule has 1 heterocycles. The number of nitrogens with zero attached hydrogens (tertiary/aromatic N) is 2. The molecule has 0 saturated heterocycles. The van der Waals surface area contributed by atoms with Gasteiger partial charge in [-0.3, -0.25) is 0 Å². The predicted molar refractivity (Wildman–Crippen MR) is 77.0 cm³/mol. The van der Waals surface area contributed by atoms with Gasteiger partial charge in [0.2, 0.25) is 11.7 Å². The summed E-state index contributed by atoms with van der Waals surface area (Å²) < 4.78 is 5.28. The zero-order valence-corrected chi connectivity index (χ0v) is 11.8. The molecular weight excluding hydrogens is 268 g/mol. The van der Waals surface area contributed by atoms with E-state index in [1.165, 1.54) is 25.7 Å². The molecule has 0 bridgehead atoms. The Morgan fingerprint density at radius 1 is 1.24 bits per heavy atom. The lowest BCUT2D eigenvalue weighted by molar-refractivity contribution is 0.0697. The van der Waals surface area contributed by atoms with E-state index in [0.29, 0.717) is 11.7 Å². The zero-order chi connectivity index (χ0) is 14.7. The summed E-state index contributed by atoms with van der Waals surface area (Å²) in [7, 11) is 0. The summed E-state index contributed by atoms with van der Waals surface area (Å²) in [5.41, 5.74) is 1.03. The van der Waals surface area contributed by atoms with E-state index in [2.05, 4.69) is 10.1 Å². The molecule has 0 unspecified atom stereocenters. The standard InChI is InChI=1S/C16H18N2O3/c19-16(20)13-8-6-12(7-9-13)15-17-14(21-18-15)10-5-11-3-1-2-4-11/h6-9,11H,1-5,10H2,(H,19,20). The van der Waals surface area contributed by atoms with Crippen molar-refractivity contribution in [2.45, 2.75) is 38.5 Å². The maximum atomic E-state index is 10.8. The number of aromatic nitrogens is 2. The van der Waals surface area contributed by atoms with E-state index < -0.39 is 5.97 Å². The minimum atomic E-state index is -0.938. The molecule has 2 aromatic rings. The molecule has 0 spiro atoms. The van der Waals surface area contributed by atoms with Crippen LogP contribution in [0, 0.1) is 5.92 Å². The summed E-state index contributed by atoms with van der Waals surface area (Å²) in [5.74, 6) is 1.05. The molecule has 1 fully saturated rings. The van der Waals surface area contributed by atoms with Gasteiger partial charge in [0.25, 0.3) is 0 Å². The third-order valence-corrected chi connectivity index (χ3v) is 4.10. The van der Waals surface area contributed by atoms with Gasteiger partial charge in [-0.2, -0.15) is 4.98 Å². The fourth-order valence-electron chi connectivity index (χ4n) is 2.86. The number of benzene rings is 1. The minimum absolute atomic E-state index is 0.253. The lowest BCUT2D eigenvalue weighted by Gasteiger charge is -2.04.